The van der Waals surface area contributed by atoms with Crippen LogP contribution in [0.2, 0.25) is 0 Å². The van der Waals surface area contributed by atoms with E-state index < -0.39 is 7.81 Å². The molecule has 268 valence electrons. The van der Waals surface area contributed by atoms with E-state index in [1.165, 1.54) is 75.2 Å². The van der Waals surface area contributed by atoms with Gasteiger partial charge in [-0.05, 0) is 96.5 Å². The summed E-state index contributed by atoms with van der Waals surface area (Å²) in [4.78, 5) is 5.12. The van der Waals surface area contributed by atoms with Gasteiger partial charge in [0.1, 0.15) is 0 Å². The van der Waals surface area contributed by atoms with Gasteiger partial charge in [0.2, 0.25) is 21.1 Å². The Morgan fingerprint density at radius 1 is 0.500 bits per heavy atom. The second-order valence-corrected chi connectivity index (χ2v) is 16.5. The van der Waals surface area contributed by atoms with Gasteiger partial charge in [0.25, 0.3) is 0 Å². The van der Waals surface area contributed by atoms with Crippen LogP contribution in [0.1, 0.15) is 38.9 Å². The van der Waals surface area contributed by atoms with Gasteiger partial charge in [-0.3, -0.25) is 0 Å². The molecule has 2 heterocycles. The van der Waals surface area contributed by atoms with Crippen LogP contribution in [0.25, 0.3) is 36.8 Å². The first-order chi connectivity index (χ1) is 24.4. The molecule has 5 aromatic rings. The summed E-state index contributed by atoms with van der Waals surface area (Å²) in [6.45, 7) is 8.76. The summed E-state index contributed by atoms with van der Waals surface area (Å²) >= 11 is 3.71. The molecular weight excluding hydrogens is 726 g/mol. The van der Waals surface area contributed by atoms with Crippen molar-refractivity contribution in [2.45, 2.75) is 27.7 Å². The quantitative estimate of drug-likeness (QED) is 0.0689. The van der Waals surface area contributed by atoms with E-state index in [0.717, 1.165) is 0 Å². The van der Waals surface area contributed by atoms with Crippen molar-refractivity contribution in [3.8, 4) is 20.9 Å². The monoisotopic (exact) mass is 762 g/mol. The molecule has 0 nitrogen and oxygen atoms in total. The Kier molecular flexibility index (Phi) is 11.4. The molecule has 52 heavy (non-hydrogen) atoms. The Bertz CT molecular complexity index is 2130. The molecule has 0 bridgehead atoms. The van der Waals surface area contributed by atoms with Crippen LogP contribution in [0.3, 0.4) is 0 Å². The zero-order valence-electron chi connectivity index (χ0n) is 29.0. The van der Waals surface area contributed by atoms with E-state index in [9.17, 15) is 25.2 Å². The molecule has 0 saturated heterocycles. The summed E-state index contributed by atoms with van der Waals surface area (Å²) in [6.07, 6.45) is 15.5. The van der Waals surface area contributed by atoms with E-state index in [1.54, 1.807) is 0 Å². The third-order valence-corrected chi connectivity index (χ3v) is 10.3. The molecule has 0 saturated carbocycles. The van der Waals surface area contributed by atoms with Gasteiger partial charge in [-0.1, -0.05) is 127 Å². The van der Waals surface area contributed by atoms with Crippen LogP contribution in [0.4, 0.5) is 25.2 Å². The Hall–Kier alpha value is -4.49. The molecule has 0 fully saturated rings. The standard InChI is InChI=1S/C43H37S2.F6P/c1-30-16-8-12-22-36(30)40-26-34(27-41(44-40)37-23-13-9-17-31(37)2)20-6-5-7-21-35-28-42(38-24-14-10-18-32(38)3)45-43(29-35)39-25-15-11-19-33(39)4;1-7(2,3,4,5)6/h5-29H,1-4H3;/q+1;-1. The number of benzene rings is 4. The summed E-state index contributed by atoms with van der Waals surface area (Å²) in [6, 6.07) is 39.2. The molecular formula is C43H37F6PS2. The molecule has 1 aliphatic rings. The molecule has 1 aromatic heterocycles. The number of hydrogen-bond donors (Lipinski definition) is 0. The molecule has 0 amide bonds. The summed E-state index contributed by atoms with van der Waals surface area (Å²) in [5, 5.41) is 0. The molecule has 9 heteroatoms. The van der Waals surface area contributed by atoms with Gasteiger partial charge in [-0.15, -0.1) is 0 Å². The average Bonchev–Trinajstić information content (AvgIpc) is 3.07. The summed E-state index contributed by atoms with van der Waals surface area (Å²) < 4.78 is 59.2. The predicted molar refractivity (Wildman–Crippen MR) is 215 cm³/mol. The molecule has 0 spiro atoms. The van der Waals surface area contributed by atoms with Crippen molar-refractivity contribution >= 4 is 46.8 Å². The molecule has 0 radical (unpaired) electrons. The fourth-order valence-electron chi connectivity index (χ4n) is 5.56. The molecule has 0 N–H and O–H groups in total. The Labute approximate surface area is 309 Å². The molecule has 0 aliphatic carbocycles. The van der Waals surface area contributed by atoms with Gasteiger partial charge in [0.15, 0.2) is 0 Å². The number of rotatable bonds is 7. The minimum absolute atomic E-state index is 1.19. The number of allylic oxidation sites excluding steroid dienone is 7. The average molecular weight is 763 g/mol. The first-order valence-electron chi connectivity index (χ1n) is 16.4. The zero-order valence-corrected chi connectivity index (χ0v) is 31.5. The van der Waals surface area contributed by atoms with Gasteiger partial charge < -0.3 is 0 Å². The van der Waals surface area contributed by atoms with Gasteiger partial charge >= 0.3 is 33.0 Å². The van der Waals surface area contributed by atoms with Crippen LogP contribution in [0.5, 0.6) is 0 Å². The minimum atomic E-state index is -10.7. The fraction of sp³-hybridized carbons (Fsp3) is 0.0930. The topological polar surface area (TPSA) is 0 Å². The molecule has 4 aromatic carbocycles. The maximum absolute atomic E-state index is 10.7. The van der Waals surface area contributed by atoms with Gasteiger partial charge in [-0.2, -0.15) is 0 Å². The summed E-state index contributed by atoms with van der Waals surface area (Å²) in [5.74, 6) is 0. The molecule has 1 aliphatic heterocycles. The van der Waals surface area contributed by atoms with Gasteiger partial charge in [0, 0.05) is 33.1 Å². The van der Waals surface area contributed by atoms with E-state index in [2.05, 4.69) is 179 Å². The van der Waals surface area contributed by atoms with Crippen molar-refractivity contribution in [2.24, 2.45) is 0 Å². The van der Waals surface area contributed by atoms with Crippen molar-refractivity contribution in [1.82, 2.24) is 0 Å². The van der Waals surface area contributed by atoms with Crippen molar-refractivity contribution in [1.29, 1.82) is 0 Å². The van der Waals surface area contributed by atoms with E-state index in [0.29, 0.717) is 0 Å². The first-order valence-corrected chi connectivity index (χ1v) is 20.0. The van der Waals surface area contributed by atoms with Gasteiger partial charge in [-0.25, -0.2) is 0 Å². The zero-order chi connectivity index (χ0) is 37.6. The number of halogens is 6. The second-order valence-electron chi connectivity index (χ2n) is 12.4. The van der Waals surface area contributed by atoms with Crippen molar-refractivity contribution < 1.29 is 25.2 Å². The number of aryl methyl sites for hydroxylation is 4. The molecule has 0 unspecified atom stereocenters. The number of thioether (sulfide) groups is 1. The third kappa shape index (κ3) is 11.8. The van der Waals surface area contributed by atoms with Crippen LogP contribution >= 0.6 is 30.9 Å². The summed E-state index contributed by atoms with van der Waals surface area (Å²) in [7, 11) is -10.7. The van der Waals surface area contributed by atoms with Crippen LogP contribution in [0.15, 0.2) is 151 Å². The SMILES string of the molecule is Cc1ccccc1C1=CC(=C/C=C/C=C/c2cc(-c3ccccc3C)[s+]c(-c3ccccc3C)c2)C=C(c2ccccc2C)S1.F[P-](F)(F)(F)(F)F. The summed E-state index contributed by atoms with van der Waals surface area (Å²) in [5.41, 5.74) is 12.7. The van der Waals surface area contributed by atoms with Gasteiger partial charge in [0.05, 0.1) is 0 Å². The first kappa shape index (κ1) is 38.7. The Morgan fingerprint density at radius 2 is 0.865 bits per heavy atom. The van der Waals surface area contributed by atoms with Crippen LogP contribution < -0.4 is 0 Å². The second kappa shape index (κ2) is 15.2. The van der Waals surface area contributed by atoms with Crippen LogP contribution in [-0.2, 0) is 0 Å². The number of hydrogen-bond acceptors (Lipinski definition) is 1. The molecule has 6 rings (SSSR count). The normalized spacial score (nSPS) is 14.6. The predicted octanol–water partition coefficient (Wildman–Crippen LogP) is 16.3. The van der Waals surface area contributed by atoms with Crippen molar-refractivity contribution in [3.63, 3.8) is 0 Å². The van der Waals surface area contributed by atoms with Crippen molar-refractivity contribution in [3.05, 3.63) is 190 Å². The van der Waals surface area contributed by atoms with Crippen LogP contribution in [0, 0.1) is 27.7 Å². The Balaban J connectivity index is 0.000000679. The van der Waals surface area contributed by atoms with Crippen molar-refractivity contribution in [2.75, 3.05) is 0 Å². The van der Waals surface area contributed by atoms with E-state index in [1.807, 2.05) is 23.1 Å². The van der Waals surface area contributed by atoms with Crippen LogP contribution in [-0.4, -0.2) is 0 Å². The van der Waals surface area contributed by atoms with E-state index in [-0.39, 0.29) is 0 Å². The fourth-order valence-corrected chi connectivity index (χ4v) is 8.17. The van der Waals surface area contributed by atoms with E-state index >= 15 is 0 Å². The third-order valence-electron chi connectivity index (χ3n) is 8.07. The maximum atomic E-state index is 9.87. The van der Waals surface area contributed by atoms with E-state index in [4.69, 9.17) is 0 Å². The molecule has 0 atom stereocenters. The Morgan fingerprint density at radius 3 is 1.25 bits per heavy atom.